The minimum Gasteiger partial charge on any atom is -0.472 e. The van der Waals surface area contributed by atoms with E-state index in [-0.39, 0.29) is 6.10 Å². The zero-order valence-electron chi connectivity index (χ0n) is 8.18. The predicted molar refractivity (Wildman–Crippen MR) is 52.6 cm³/mol. The van der Waals surface area contributed by atoms with E-state index in [9.17, 15) is 4.79 Å². The van der Waals surface area contributed by atoms with Crippen molar-refractivity contribution in [3.63, 3.8) is 0 Å². The predicted octanol–water partition coefficient (Wildman–Crippen LogP) is 0.348. The number of hydrogen-bond donors (Lipinski definition) is 1. The largest absolute Gasteiger partial charge is 0.472 e. The van der Waals surface area contributed by atoms with Crippen LogP contribution in [0.2, 0.25) is 0 Å². The molecule has 1 amide bonds. The Bertz CT molecular complexity index is 361. The van der Waals surface area contributed by atoms with Gasteiger partial charge >= 0.3 is 0 Å². The molecule has 2 rings (SSSR count). The summed E-state index contributed by atoms with van der Waals surface area (Å²) in [4.78, 5) is 14.9. The Kier molecular flexibility index (Phi) is 2.82. The summed E-state index contributed by atoms with van der Waals surface area (Å²) in [6.07, 6.45) is 2.38. The summed E-state index contributed by atoms with van der Waals surface area (Å²) in [7, 11) is 0. The molecule has 0 saturated carbocycles. The standard InChI is InChI=1S/C10H12N2O3/c11-10(13)7-1-3-12-9(5-7)15-8-2-4-14-6-8/h1,3,5,8H,2,4,6H2,(H2,11,13)/t8-/m1/s1. The van der Waals surface area contributed by atoms with Crippen molar-refractivity contribution < 1.29 is 14.3 Å². The fourth-order valence-corrected chi connectivity index (χ4v) is 1.40. The van der Waals surface area contributed by atoms with Gasteiger partial charge < -0.3 is 15.2 Å². The topological polar surface area (TPSA) is 74.4 Å². The highest BCUT2D eigenvalue weighted by molar-refractivity contribution is 5.92. The molecule has 2 heterocycles. The average molecular weight is 208 g/mol. The maximum Gasteiger partial charge on any atom is 0.248 e. The monoisotopic (exact) mass is 208 g/mol. The molecule has 0 aromatic carbocycles. The Labute approximate surface area is 87.2 Å². The number of rotatable bonds is 3. The lowest BCUT2D eigenvalue weighted by molar-refractivity contribution is 0.0998. The summed E-state index contributed by atoms with van der Waals surface area (Å²) in [6.45, 7) is 1.28. The van der Waals surface area contributed by atoms with Crippen LogP contribution >= 0.6 is 0 Å². The first kappa shape index (κ1) is 9.92. The van der Waals surface area contributed by atoms with Crippen molar-refractivity contribution in [1.29, 1.82) is 0 Å². The molecule has 0 spiro atoms. The van der Waals surface area contributed by atoms with Crippen LogP contribution in [0, 0.1) is 0 Å². The van der Waals surface area contributed by atoms with E-state index in [0.717, 1.165) is 6.42 Å². The molecule has 1 aliphatic rings. The lowest BCUT2D eigenvalue weighted by atomic mass is 10.2. The van der Waals surface area contributed by atoms with Crippen LogP contribution in [-0.4, -0.2) is 30.2 Å². The highest BCUT2D eigenvalue weighted by atomic mass is 16.5. The highest BCUT2D eigenvalue weighted by Crippen LogP contribution is 2.15. The fourth-order valence-electron chi connectivity index (χ4n) is 1.40. The van der Waals surface area contributed by atoms with Gasteiger partial charge in [0.1, 0.15) is 6.10 Å². The van der Waals surface area contributed by atoms with Gasteiger partial charge in [0.25, 0.3) is 0 Å². The zero-order valence-corrected chi connectivity index (χ0v) is 8.18. The van der Waals surface area contributed by atoms with Gasteiger partial charge in [0.05, 0.1) is 13.2 Å². The van der Waals surface area contributed by atoms with E-state index >= 15 is 0 Å². The van der Waals surface area contributed by atoms with Crippen molar-refractivity contribution in [1.82, 2.24) is 4.98 Å². The molecule has 0 unspecified atom stereocenters. The quantitative estimate of drug-likeness (QED) is 0.777. The number of pyridine rings is 1. The molecule has 0 aliphatic carbocycles. The second kappa shape index (κ2) is 4.27. The van der Waals surface area contributed by atoms with Crippen LogP contribution in [-0.2, 0) is 4.74 Å². The van der Waals surface area contributed by atoms with Crippen LogP contribution in [0.25, 0.3) is 0 Å². The van der Waals surface area contributed by atoms with E-state index in [1.165, 1.54) is 6.20 Å². The first-order chi connectivity index (χ1) is 7.25. The molecule has 1 aliphatic heterocycles. The first-order valence-electron chi connectivity index (χ1n) is 4.76. The molecule has 80 valence electrons. The summed E-state index contributed by atoms with van der Waals surface area (Å²) in [5.41, 5.74) is 5.55. The molecule has 0 radical (unpaired) electrons. The molecule has 1 aromatic rings. The number of aromatic nitrogens is 1. The van der Waals surface area contributed by atoms with E-state index in [4.69, 9.17) is 15.2 Å². The van der Waals surface area contributed by atoms with Gasteiger partial charge in [-0.15, -0.1) is 0 Å². The van der Waals surface area contributed by atoms with Crippen LogP contribution < -0.4 is 10.5 Å². The SMILES string of the molecule is NC(=O)c1ccnc(O[C@@H]2CCOC2)c1. The van der Waals surface area contributed by atoms with E-state index in [0.29, 0.717) is 24.7 Å². The molecule has 1 saturated heterocycles. The van der Waals surface area contributed by atoms with Crippen molar-refractivity contribution in [3.05, 3.63) is 23.9 Å². The van der Waals surface area contributed by atoms with Gasteiger partial charge in [0, 0.05) is 24.2 Å². The maximum absolute atomic E-state index is 10.9. The minimum atomic E-state index is -0.482. The number of primary amides is 1. The van der Waals surface area contributed by atoms with Crippen LogP contribution in [0.1, 0.15) is 16.8 Å². The van der Waals surface area contributed by atoms with Crippen LogP contribution in [0.4, 0.5) is 0 Å². The summed E-state index contributed by atoms with van der Waals surface area (Å²) in [6, 6.07) is 3.10. The second-order valence-corrected chi connectivity index (χ2v) is 3.35. The number of nitrogens with two attached hydrogens (primary N) is 1. The van der Waals surface area contributed by atoms with Gasteiger partial charge in [0.15, 0.2) is 0 Å². The maximum atomic E-state index is 10.9. The molecule has 0 bridgehead atoms. The summed E-state index contributed by atoms with van der Waals surface area (Å²) in [5, 5.41) is 0. The fraction of sp³-hybridized carbons (Fsp3) is 0.400. The molecule has 1 fully saturated rings. The van der Waals surface area contributed by atoms with Gasteiger partial charge in [-0.2, -0.15) is 0 Å². The van der Waals surface area contributed by atoms with Crippen LogP contribution in [0.5, 0.6) is 5.88 Å². The normalized spacial score (nSPS) is 20.1. The Balaban J connectivity index is 2.07. The van der Waals surface area contributed by atoms with Crippen molar-refractivity contribution in [2.24, 2.45) is 5.73 Å². The van der Waals surface area contributed by atoms with Gasteiger partial charge in [0.2, 0.25) is 11.8 Å². The van der Waals surface area contributed by atoms with Crippen molar-refractivity contribution in [2.45, 2.75) is 12.5 Å². The van der Waals surface area contributed by atoms with E-state index in [1.54, 1.807) is 12.1 Å². The molecule has 15 heavy (non-hydrogen) atoms. The molecular formula is C10H12N2O3. The third-order valence-electron chi connectivity index (χ3n) is 2.19. The Morgan fingerprint density at radius 3 is 3.20 bits per heavy atom. The molecule has 2 N–H and O–H groups in total. The van der Waals surface area contributed by atoms with E-state index in [2.05, 4.69) is 4.98 Å². The first-order valence-corrected chi connectivity index (χ1v) is 4.76. The summed E-state index contributed by atoms with van der Waals surface area (Å²) in [5.74, 6) is -0.0632. The van der Waals surface area contributed by atoms with Gasteiger partial charge in [-0.3, -0.25) is 4.79 Å². The number of ether oxygens (including phenoxy) is 2. The highest BCUT2D eigenvalue weighted by Gasteiger charge is 2.17. The number of carbonyl (C=O) groups excluding carboxylic acids is 1. The van der Waals surface area contributed by atoms with Gasteiger partial charge in [-0.25, -0.2) is 4.98 Å². The Morgan fingerprint density at radius 2 is 2.53 bits per heavy atom. The van der Waals surface area contributed by atoms with Gasteiger partial charge in [-0.1, -0.05) is 0 Å². The van der Waals surface area contributed by atoms with Crippen molar-refractivity contribution in [2.75, 3.05) is 13.2 Å². The molecule has 1 atom stereocenters. The second-order valence-electron chi connectivity index (χ2n) is 3.35. The third-order valence-corrected chi connectivity index (χ3v) is 2.19. The zero-order chi connectivity index (χ0) is 10.7. The summed E-state index contributed by atoms with van der Waals surface area (Å²) < 4.78 is 10.7. The van der Waals surface area contributed by atoms with Crippen LogP contribution in [0.15, 0.2) is 18.3 Å². The average Bonchev–Trinajstić information content (AvgIpc) is 2.71. The minimum absolute atomic E-state index is 0.0284. The lowest BCUT2D eigenvalue weighted by Gasteiger charge is -2.10. The van der Waals surface area contributed by atoms with Crippen LogP contribution in [0.3, 0.4) is 0 Å². The van der Waals surface area contributed by atoms with Gasteiger partial charge in [-0.05, 0) is 6.07 Å². The molecule has 1 aromatic heterocycles. The van der Waals surface area contributed by atoms with E-state index < -0.39 is 5.91 Å². The Hall–Kier alpha value is -1.62. The van der Waals surface area contributed by atoms with Crippen molar-refractivity contribution in [3.8, 4) is 5.88 Å². The molecular weight excluding hydrogens is 196 g/mol. The number of carbonyl (C=O) groups is 1. The Morgan fingerprint density at radius 1 is 1.67 bits per heavy atom. The smallest absolute Gasteiger partial charge is 0.248 e. The lowest BCUT2D eigenvalue weighted by Crippen LogP contribution is -2.17. The number of amides is 1. The third kappa shape index (κ3) is 2.44. The van der Waals surface area contributed by atoms with E-state index in [1.807, 2.05) is 0 Å². The molecule has 5 heteroatoms. The number of nitrogens with zero attached hydrogens (tertiary/aromatic N) is 1. The van der Waals surface area contributed by atoms with Crippen molar-refractivity contribution >= 4 is 5.91 Å². The molecule has 5 nitrogen and oxygen atoms in total. The summed E-state index contributed by atoms with van der Waals surface area (Å²) >= 11 is 0. The number of hydrogen-bond acceptors (Lipinski definition) is 4.